The number of halogens is 2. The number of ether oxygens (including phenoxy) is 1. The molecular weight excluding hydrogens is 448 g/mol. The highest BCUT2D eigenvalue weighted by molar-refractivity contribution is 6.07. The van der Waals surface area contributed by atoms with Gasteiger partial charge in [-0.1, -0.05) is 11.2 Å². The summed E-state index contributed by atoms with van der Waals surface area (Å²) in [7, 11) is 1.09. The van der Waals surface area contributed by atoms with Gasteiger partial charge < -0.3 is 14.6 Å². The molecule has 1 atom stereocenters. The maximum atomic E-state index is 13.9. The highest BCUT2D eigenvalue weighted by atomic mass is 19.3. The lowest BCUT2D eigenvalue weighted by atomic mass is 9.99. The molecule has 0 unspecified atom stereocenters. The summed E-state index contributed by atoms with van der Waals surface area (Å²) in [6.45, 7) is 2.03. The summed E-state index contributed by atoms with van der Waals surface area (Å²) in [5, 5.41) is 16.3. The summed E-state index contributed by atoms with van der Waals surface area (Å²) in [4.78, 5) is 30.6. The monoisotopic (exact) mass is 469 g/mol. The Balaban J connectivity index is 1.58. The van der Waals surface area contributed by atoms with E-state index in [-0.39, 0.29) is 5.56 Å². The Bertz CT molecular complexity index is 1310. The SMILES string of the molecule is CO[C@@]1(C#N)CC(F)(F)CN1C(=O)CNC(=O)c1ccnc2ccc(-c3c(C)noc3C)cc12. The summed E-state index contributed by atoms with van der Waals surface area (Å²) in [6, 6.07) is 8.52. The molecule has 2 aromatic heterocycles. The van der Waals surface area contributed by atoms with Crippen molar-refractivity contribution >= 4 is 22.7 Å². The number of amides is 2. The van der Waals surface area contributed by atoms with Crippen molar-refractivity contribution < 1.29 is 27.6 Å². The molecule has 1 fully saturated rings. The van der Waals surface area contributed by atoms with Gasteiger partial charge in [0.15, 0.2) is 0 Å². The molecule has 0 spiro atoms. The lowest BCUT2D eigenvalue weighted by molar-refractivity contribution is -0.147. The number of carbonyl (C=O) groups is 2. The molecule has 0 bridgehead atoms. The van der Waals surface area contributed by atoms with Crippen LogP contribution in [0.5, 0.6) is 0 Å². The van der Waals surface area contributed by atoms with Crippen LogP contribution >= 0.6 is 0 Å². The molecule has 9 nitrogen and oxygen atoms in total. The number of pyridine rings is 1. The van der Waals surface area contributed by atoms with Crippen molar-refractivity contribution in [2.45, 2.75) is 31.9 Å². The molecule has 1 aliphatic rings. The first kappa shape index (κ1) is 23.3. The zero-order chi connectivity index (χ0) is 24.7. The minimum atomic E-state index is -3.28. The minimum absolute atomic E-state index is 0.247. The van der Waals surface area contributed by atoms with Crippen LogP contribution in [0.4, 0.5) is 8.78 Å². The van der Waals surface area contributed by atoms with Crippen molar-refractivity contribution in [3.05, 3.63) is 47.5 Å². The Morgan fingerprint density at radius 3 is 2.74 bits per heavy atom. The van der Waals surface area contributed by atoms with E-state index in [4.69, 9.17) is 9.26 Å². The number of hydrogen-bond acceptors (Lipinski definition) is 7. The summed E-state index contributed by atoms with van der Waals surface area (Å²) in [5.41, 5.74) is 0.986. The molecule has 3 aromatic rings. The third-order valence-electron chi connectivity index (χ3n) is 5.85. The molecule has 1 aromatic carbocycles. The Morgan fingerprint density at radius 1 is 1.32 bits per heavy atom. The summed E-state index contributed by atoms with van der Waals surface area (Å²) >= 11 is 0. The van der Waals surface area contributed by atoms with Gasteiger partial charge in [-0.15, -0.1) is 0 Å². The molecule has 3 heterocycles. The number of benzene rings is 1. The van der Waals surface area contributed by atoms with E-state index in [2.05, 4.69) is 15.5 Å². The average Bonchev–Trinajstić information content (AvgIpc) is 3.31. The van der Waals surface area contributed by atoms with Crippen LogP contribution in [0.3, 0.4) is 0 Å². The van der Waals surface area contributed by atoms with E-state index in [0.29, 0.717) is 27.3 Å². The van der Waals surface area contributed by atoms with Gasteiger partial charge in [-0.25, -0.2) is 8.78 Å². The molecule has 176 valence electrons. The topological polar surface area (TPSA) is 121 Å². The highest BCUT2D eigenvalue weighted by Crippen LogP contribution is 2.39. The van der Waals surface area contributed by atoms with E-state index < -0.39 is 43.0 Å². The fourth-order valence-electron chi connectivity index (χ4n) is 4.22. The number of hydrogen-bond donors (Lipinski definition) is 1. The average molecular weight is 469 g/mol. The molecule has 4 rings (SSSR count). The predicted molar refractivity (Wildman–Crippen MR) is 116 cm³/mol. The predicted octanol–water partition coefficient (Wildman–Crippen LogP) is 2.97. The van der Waals surface area contributed by atoms with Gasteiger partial charge in [-0.2, -0.15) is 5.26 Å². The standard InChI is InChI=1S/C23H21F2N5O4/c1-13-20(14(2)34-29-13)15-4-5-18-17(8-15)16(6-7-27-18)21(32)28-9-19(31)30-12-22(24,25)10-23(30,11-26)33-3/h4-8H,9-10,12H2,1-3H3,(H,28,32)/t23-/m1/s1. The first-order valence-corrected chi connectivity index (χ1v) is 10.4. The zero-order valence-corrected chi connectivity index (χ0v) is 18.7. The van der Waals surface area contributed by atoms with Gasteiger partial charge in [0.05, 0.1) is 36.3 Å². The molecule has 2 amide bonds. The Labute approximate surface area is 193 Å². The second kappa shape index (κ2) is 8.46. The van der Waals surface area contributed by atoms with E-state index >= 15 is 0 Å². The fraction of sp³-hybridized carbons (Fsp3) is 0.348. The lowest BCUT2D eigenvalue weighted by Gasteiger charge is -2.29. The number of methoxy groups -OCH3 is 1. The molecule has 1 saturated heterocycles. The van der Waals surface area contributed by atoms with Crippen molar-refractivity contribution in [2.24, 2.45) is 0 Å². The van der Waals surface area contributed by atoms with Crippen molar-refractivity contribution in [1.29, 1.82) is 5.26 Å². The van der Waals surface area contributed by atoms with E-state index in [1.807, 2.05) is 13.0 Å². The van der Waals surface area contributed by atoms with Crippen molar-refractivity contribution in [1.82, 2.24) is 20.4 Å². The molecule has 0 saturated carbocycles. The Hall–Kier alpha value is -3.91. The molecule has 11 heteroatoms. The number of nitrogens with zero attached hydrogens (tertiary/aromatic N) is 4. The minimum Gasteiger partial charge on any atom is -0.361 e. The maximum Gasteiger partial charge on any atom is 0.271 e. The molecule has 0 aliphatic carbocycles. The molecule has 0 radical (unpaired) electrons. The smallest absolute Gasteiger partial charge is 0.271 e. The van der Waals surface area contributed by atoms with Crippen molar-refractivity contribution in [3.63, 3.8) is 0 Å². The summed E-state index contributed by atoms with van der Waals surface area (Å²) in [5.74, 6) is -4.11. The number of aryl methyl sites for hydroxylation is 2. The Morgan fingerprint density at radius 2 is 2.09 bits per heavy atom. The maximum absolute atomic E-state index is 13.9. The van der Waals surface area contributed by atoms with Gasteiger partial charge in [0, 0.05) is 24.3 Å². The number of aromatic nitrogens is 2. The Kier molecular flexibility index (Phi) is 5.79. The number of alkyl halides is 2. The van der Waals surface area contributed by atoms with Crippen LogP contribution in [0.15, 0.2) is 35.0 Å². The quantitative estimate of drug-likeness (QED) is 0.610. The van der Waals surface area contributed by atoms with Crippen molar-refractivity contribution in [2.75, 3.05) is 20.2 Å². The molecule has 34 heavy (non-hydrogen) atoms. The second-order valence-electron chi connectivity index (χ2n) is 8.09. The van der Waals surface area contributed by atoms with E-state index in [9.17, 15) is 23.6 Å². The third kappa shape index (κ3) is 3.97. The van der Waals surface area contributed by atoms with E-state index in [1.54, 1.807) is 25.1 Å². The van der Waals surface area contributed by atoms with E-state index in [0.717, 1.165) is 18.2 Å². The summed E-state index contributed by atoms with van der Waals surface area (Å²) in [6.07, 6.45) is 0.521. The van der Waals surface area contributed by atoms with Gasteiger partial charge >= 0.3 is 0 Å². The second-order valence-corrected chi connectivity index (χ2v) is 8.09. The first-order valence-electron chi connectivity index (χ1n) is 10.4. The van der Waals surface area contributed by atoms with Crippen LogP contribution in [-0.2, 0) is 9.53 Å². The van der Waals surface area contributed by atoms with Crippen LogP contribution in [0.25, 0.3) is 22.0 Å². The largest absolute Gasteiger partial charge is 0.361 e. The number of nitrogens with one attached hydrogen (secondary N) is 1. The highest BCUT2D eigenvalue weighted by Gasteiger charge is 2.58. The van der Waals surface area contributed by atoms with Gasteiger partial charge in [0.1, 0.15) is 11.8 Å². The van der Waals surface area contributed by atoms with Crippen LogP contribution in [0.2, 0.25) is 0 Å². The number of likely N-dealkylation sites (tertiary alicyclic amines) is 1. The van der Waals surface area contributed by atoms with Gasteiger partial charge in [-0.05, 0) is 37.6 Å². The third-order valence-corrected chi connectivity index (χ3v) is 5.85. The zero-order valence-electron chi connectivity index (χ0n) is 18.7. The molecular formula is C23H21F2N5O4. The fourth-order valence-corrected chi connectivity index (χ4v) is 4.22. The van der Waals surface area contributed by atoms with E-state index in [1.165, 1.54) is 12.3 Å². The van der Waals surface area contributed by atoms with Crippen LogP contribution < -0.4 is 5.32 Å². The molecule has 1 N–H and O–H groups in total. The number of nitriles is 1. The van der Waals surface area contributed by atoms with Gasteiger partial charge in [0.2, 0.25) is 11.6 Å². The number of fused-ring (bicyclic) bond motifs is 1. The van der Waals surface area contributed by atoms with Crippen molar-refractivity contribution in [3.8, 4) is 17.2 Å². The lowest BCUT2D eigenvalue weighted by Crippen LogP contribution is -2.51. The molecule has 1 aliphatic heterocycles. The number of rotatable bonds is 5. The van der Waals surface area contributed by atoms with Gasteiger partial charge in [-0.3, -0.25) is 19.5 Å². The van der Waals surface area contributed by atoms with Crippen LogP contribution in [-0.4, -0.2) is 58.7 Å². The normalized spacial score (nSPS) is 19.2. The van der Waals surface area contributed by atoms with Gasteiger partial charge in [0.25, 0.3) is 11.8 Å². The van der Waals surface area contributed by atoms with Crippen LogP contribution in [0, 0.1) is 25.2 Å². The van der Waals surface area contributed by atoms with Crippen LogP contribution in [0.1, 0.15) is 28.2 Å². The summed E-state index contributed by atoms with van der Waals surface area (Å²) < 4.78 is 38.1. The first-order chi connectivity index (χ1) is 16.1. The number of carbonyl (C=O) groups excluding carboxylic acids is 2.